The zero-order valence-electron chi connectivity index (χ0n) is 12.1. The number of anilines is 2. The van der Waals surface area contributed by atoms with E-state index in [0.717, 1.165) is 5.56 Å². The first kappa shape index (κ1) is 15.2. The number of nitrogens with zero attached hydrogens (tertiary/aromatic N) is 3. The molecule has 0 radical (unpaired) electrons. The third-order valence-electron chi connectivity index (χ3n) is 3.01. The maximum absolute atomic E-state index is 11.9. The number of hydrogen-bond acceptors (Lipinski definition) is 5. The van der Waals surface area contributed by atoms with E-state index in [1.54, 1.807) is 29.7 Å². The molecular formula is C14H17ClN4O2. The van der Waals surface area contributed by atoms with Gasteiger partial charge in [0.05, 0.1) is 13.7 Å². The molecule has 0 spiro atoms. The molecule has 7 heteroatoms. The van der Waals surface area contributed by atoms with Crippen LogP contribution in [-0.2, 0) is 11.3 Å². The SMILES string of the molecule is COC(=O)c1c(N(C)C)nn(Cc2cccc(Cl)c2)c1N. The number of ether oxygens (including phenoxy) is 1. The summed E-state index contributed by atoms with van der Waals surface area (Å²) in [5.74, 6) is 0.237. The van der Waals surface area contributed by atoms with Crippen molar-refractivity contribution < 1.29 is 9.53 Å². The maximum Gasteiger partial charge on any atom is 0.345 e. The highest BCUT2D eigenvalue weighted by molar-refractivity contribution is 6.30. The fourth-order valence-electron chi connectivity index (χ4n) is 2.00. The first-order chi connectivity index (χ1) is 9.93. The summed E-state index contributed by atoms with van der Waals surface area (Å²) < 4.78 is 6.33. The molecule has 0 bridgehead atoms. The Morgan fingerprint density at radius 2 is 2.19 bits per heavy atom. The molecule has 21 heavy (non-hydrogen) atoms. The number of hydrogen-bond donors (Lipinski definition) is 1. The van der Waals surface area contributed by atoms with Crippen molar-refractivity contribution in [3.63, 3.8) is 0 Å². The monoisotopic (exact) mass is 308 g/mol. The Labute approximate surface area is 128 Å². The molecule has 112 valence electrons. The number of aromatic nitrogens is 2. The van der Waals surface area contributed by atoms with Crippen LogP contribution >= 0.6 is 11.6 Å². The van der Waals surface area contributed by atoms with Crippen LogP contribution in [0.1, 0.15) is 15.9 Å². The lowest BCUT2D eigenvalue weighted by Crippen LogP contribution is -2.14. The van der Waals surface area contributed by atoms with Gasteiger partial charge < -0.3 is 15.4 Å². The molecule has 0 atom stereocenters. The fraction of sp³-hybridized carbons (Fsp3) is 0.286. The van der Waals surface area contributed by atoms with Crippen molar-refractivity contribution in [2.75, 3.05) is 31.8 Å². The topological polar surface area (TPSA) is 73.4 Å². The van der Waals surface area contributed by atoms with Gasteiger partial charge in [-0.15, -0.1) is 0 Å². The van der Waals surface area contributed by atoms with Gasteiger partial charge in [-0.05, 0) is 17.7 Å². The van der Waals surface area contributed by atoms with E-state index in [1.165, 1.54) is 7.11 Å². The summed E-state index contributed by atoms with van der Waals surface area (Å²) in [6.07, 6.45) is 0. The van der Waals surface area contributed by atoms with Crippen molar-refractivity contribution in [1.82, 2.24) is 9.78 Å². The number of nitrogen functional groups attached to an aromatic ring is 1. The van der Waals surface area contributed by atoms with Crippen LogP contribution in [0.25, 0.3) is 0 Å². The van der Waals surface area contributed by atoms with Crippen molar-refractivity contribution >= 4 is 29.2 Å². The van der Waals surface area contributed by atoms with E-state index < -0.39 is 5.97 Å². The summed E-state index contributed by atoms with van der Waals surface area (Å²) in [5, 5.41) is 5.02. The minimum Gasteiger partial charge on any atom is -0.465 e. The van der Waals surface area contributed by atoms with Gasteiger partial charge in [-0.25, -0.2) is 9.48 Å². The number of halogens is 1. The number of esters is 1. The Morgan fingerprint density at radius 1 is 1.48 bits per heavy atom. The van der Waals surface area contributed by atoms with Crippen LogP contribution in [0.5, 0.6) is 0 Å². The second-order valence-electron chi connectivity index (χ2n) is 4.76. The molecular weight excluding hydrogens is 292 g/mol. The van der Waals surface area contributed by atoms with Gasteiger partial charge in [0.1, 0.15) is 11.4 Å². The Morgan fingerprint density at radius 3 is 2.76 bits per heavy atom. The average Bonchev–Trinajstić information content (AvgIpc) is 2.76. The van der Waals surface area contributed by atoms with E-state index >= 15 is 0 Å². The lowest BCUT2D eigenvalue weighted by atomic mass is 10.2. The zero-order valence-corrected chi connectivity index (χ0v) is 12.9. The summed E-state index contributed by atoms with van der Waals surface area (Å²) in [6, 6.07) is 7.39. The highest BCUT2D eigenvalue weighted by Gasteiger charge is 2.24. The third-order valence-corrected chi connectivity index (χ3v) is 3.24. The molecule has 0 aliphatic heterocycles. The molecule has 0 saturated carbocycles. The number of methoxy groups -OCH3 is 1. The fourth-order valence-corrected chi connectivity index (χ4v) is 2.21. The quantitative estimate of drug-likeness (QED) is 0.875. The lowest BCUT2D eigenvalue weighted by Gasteiger charge is -2.09. The molecule has 0 fully saturated rings. The lowest BCUT2D eigenvalue weighted by molar-refractivity contribution is 0.0602. The zero-order chi connectivity index (χ0) is 15.6. The molecule has 0 aliphatic rings. The molecule has 1 heterocycles. The van der Waals surface area contributed by atoms with Crippen molar-refractivity contribution in [1.29, 1.82) is 0 Å². The van der Waals surface area contributed by atoms with Gasteiger partial charge in [0.15, 0.2) is 5.82 Å². The molecule has 1 aromatic heterocycles. The summed E-state index contributed by atoms with van der Waals surface area (Å²) in [7, 11) is 4.89. The second-order valence-corrected chi connectivity index (χ2v) is 5.19. The summed E-state index contributed by atoms with van der Waals surface area (Å²) >= 11 is 5.97. The number of rotatable bonds is 4. The normalized spacial score (nSPS) is 10.5. The minimum atomic E-state index is -0.506. The smallest absolute Gasteiger partial charge is 0.345 e. The highest BCUT2D eigenvalue weighted by Crippen LogP contribution is 2.25. The van der Waals surface area contributed by atoms with Gasteiger partial charge in [0.25, 0.3) is 0 Å². The number of carbonyl (C=O) groups excluding carboxylic acids is 1. The van der Waals surface area contributed by atoms with Crippen molar-refractivity contribution in [3.8, 4) is 0 Å². The van der Waals surface area contributed by atoms with Gasteiger partial charge >= 0.3 is 5.97 Å². The number of benzene rings is 1. The van der Waals surface area contributed by atoms with Crippen LogP contribution in [0.15, 0.2) is 24.3 Å². The first-order valence-corrected chi connectivity index (χ1v) is 6.68. The summed E-state index contributed by atoms with van der Waals surface area (Å²) in [5.41, 5.74) is 7.26. The van der Waals surface area contributed by atoms with Gasteiger partial charge in [-0.1, -0.05) is 23.7 Å². The first-order valence-electron chi connectivity index (χ1n) is 6.30. The predicted molar refractivity (Wildman–Crippen MR) is 82.9 cm³/mol. The summed E-state index contributed by atoms with van der Waals surface area (Å²) in [4.78, 5) is 13.6. The van der Waals surface area contributed by atoms with Crippen LogP contribution in [0.4, 0.5) is 11.6 Å². The van der Waals surface area contributed by atoms with Crippen molar-refractivity contribution in [3.05, 3.63) is 40.4 Å². The van der Waals surface area contributed by atoms with Gasteiger partial charge in [-0.3, -0.25) is 0 Å². The Kier molecular flexibility index (Phi) is 4.37. The van der Waals surface area contributed by atoms with E-state index in [0.29, 0.717) is 17.4 Å². The third kappa shape index (κ3) is 3.11. The Hall–Kier alpha value is -2.21. The molecule has 6 nitrogen and oxygen atoms in total. The van der Waals surface area contributed by atoms with Crippen LogP contribution in [0.2, 0.25) is 5.02 Å². The molecule has 0 saturated heterocycles. The minimum absolute atomic E-state index is 0.268. The largest absolute Gasteiger partial charge is 0.465 e. The van der Waals surface area contributed by atoms with Crippen molar-refractivity contribution in [2.24, 2.45) is 0 Å². The Bertz CT molecular complexity index is 667. The van der Waals surface area contributed by atoms with Gasteiger partial charge in [-0.2, -0.15) is 5.10 Å². The summed E-state index contributed by atoms with van der Waals surface area (Å²) in [6.45, 7) is 0.421. The van der Waals surface area contributed by atoms with E-state index in [-0.39, 0.29) is 11.4 Å². The maximum atomic E-state index is 11.9. The molecule has 1 aromatic carbocycles. The average molecular weight is 309 g/mol. The second kappa shape index (κ2) is 6.05. The van der Waals surface area contributed by atoms with E-state index in [1.807, 2.05) is 18.2 Å². The van der Waals surface area contributed by atoms with Gasteiger partial charge in [0, 0.05) is 19.1 Å². The molecule has 2 N–H and O–H groups in total. The molecule has 0 unspecified atom stereocenters. The highest BCUT2D eigenvalue weighted by atomic mass is 35.5. The van der Waals surface area contributed by atoms with Crippen LogP contribution < -0.4 is 10.6 Å². The standard InChI is InChI=1S/C14H17ClN4O2/c1-18(2)13-11(14(20)21-3)12(16)19(17-13)8-9-5-4-6-10(15)7-9/h4-7H,8,16H2,1-3H3. The number of carbonyl (C=O) groups is 1. The molecule has 0 aliphatic carbocycles. The van der Waals surface area contributed by atoms with Crippen LogP contribution in [0.3, 0.4) is 0 Å². The van der Waals surface area contributed by atoms with Crippen LogP contribution in [0, 0.1) is 0 Å². The molecule has 2 aromatic rings. The molecule has 0 amide bonds. The van der Waals surface area contributed by atoms with E-state index in [9.17, 15) is 4.79 Å². The van der Waals surface area contributed by atoms with Crippen molar-refractivity contribution in [2.45, 2.75) is 6.54 Å². The predicted octanol–water partition coefficient (Wildman–Crippen LogP) is 2.02. The van der Waals surface area contributed by atoms with E-state index in [2.05, 4.69) is 5.10 Å². The van der Waals surface area contributed by atoms with E-state index in [4.69, 9.17) is 22.1 Å². The molecule has 2 rings (SSSR count). The number of nitrogens with two attached hydrogens (primary N) is 1. The Balaban J connectivity index is 2.43. The van der Waals surface area contributed by atoms with Gasteiger partial charge in [0.2, 0.25) is 0 Å². The van der Waals surface area contributed by atoms with Crippen LogP contribution in [-0.4, -0.2) is 37.0 Å².